The van der Waals surface area contributed by atoms with Crippen LogP contribution in [0.1, 0.15) is 23.5 Å². The second-order valence-electron chi connectivity index (χ2n) is 5.34. The highest BCUT2D eigenvalue weighted by atomic mass is 16.3. The van der Waals surface area contributed by atoms with Crippen molar-refractivity contribution in [2.45, 2.75) is 12.3 Å². The van der Waals surface area contributed by atoms with Gasteiger partial charge in [-0.05, 0) is 30.0 Å². The van der Waals surface area contributed by atoms with E-state index in [0.717, 1.165) is 6.42 Å². The molecule has 2 aromatic carbocycles. The van der Waals surface area contributed by atoms with Crippen molar-refractivity contribution in [1.29, 1.82) is 0 Å². The number of amides is 1. The summed E-state index contributed by atoms with van der Waals surface area (Å²) < 4.78 is 0. The van der Waals surface area contributed by atoms with E-state index in [2.05, 4.69) is 10.5 Å². The third-order valence-electron chi connectivity index (χ3n) is 3.75. The van der Waals surface area contributed by atoms with E-state index >= 15 is 0 Å². The van der Waals surface area contributed by atoms with E-state index in [-0.39, 0.29) is 29.2 Å². The Morgan fingerprint density at radius 2 is 1.95 bits per heavy atom. The van der Waals surface area contributed by atoms with Crippen molar-refractivity contribution in [2.24, 2.45) is 11.0 Å². The summed E-state index contributed by atoms with van der Waals surface area (Å²) in [7, 11) is 0. The first-order valence-electron chi connectivity index (χ1n) is 7.05. The third kappa shape index (κ3) is 3.09. The van der Waals surface area contributed by atoms with Crippen LogP contribution in [0.25, 0.3) is 0 Å². The molecule has 3 N–H and O–H groups in total. The summed E-state index contributed by atoms with van der Waals surface area (Å²) in [5, 5.41) is 22.7. The number of aromatic hydroxyl groups is 2. The van der Waals surface area contributed by atoms with Crippen LogP contribution in [0.15, 0.2) is 53.6 Å². The average molecular weight is 296 g/mol. The van der Waals surface area contributed by atoms with Gasteiger partial charge in [-0.1, -0.05) is 30.3 Å². The van der Waals surface area contributed by atoms with Gasteiger partial charge in [0.25, 0.3) is 0 Å². The number of carbonyl (C=O) groups excluding carboxylic acids is 1. The summed E-state index contributed by atoms with van der Waals surface area (Å²) in [5.74, 6) is -0.0243. The first-order chi connectivity index (χ1) is 10.6. The molecule has 0 heterocycles. The first kappa shape index (κ1) is 14.1. The molecule has 1 aliphatic carbocycles. The van der Waals surface area contributed by atoms with Gasteiger partial charge in [0.05, 0.1) is 6.21 Å². The minimum atomic E-state index is -0.122. The van der Waals surface area contributed by atoms with Crippen LogP contribution in [0.3, 0.4) is 0 Å². The van der Waals surface area contributed by atoms with E-state index in [1.807, 2.05) is 30.3 Å². The molecule has 2 atom stereocenters. The molecule has 0 aromatic heterocycles. The topological polar surface area (TPSA) is 81.9 Å². The standard InChI is InChI=1S/C17H16N2O3/c20-13-7-6-12(16(21)8-13)10-18-19-17(22)15-9-14(15)11-4-2-1-3-5-11/h1-8,10,14-15,20-21H,9H2,(H,19,22)/b18-10+/t14-,15+/m0/s1. The van der Waals surface area contributed by atoms with Crippen LogP contribution < -0.4 is 5.43 Å². The number of benzene rings is 2. The summed E-state index contributed by atoms with van der Waals surface area (Å²) in [6.45, 7) is 0. The second kappa shape index (κ2) is 5.89. The fourth-order valence-corrected chi connectivity index (χ4v) is 2.44. The van der Waals surface area contributed by atoms with Crippen molar-refractivity contribution in [3.8, 4) is 11.5 Å². The van der Waals surface area contributed by atoms with Gasteiger partial charge in [-0.3, -0.25) is 4.79 Å². The van der Waals surface area contributed by atoms with E-state index in [9.17, 15) is 15.0 Å². The van der Waals surface area contributed by atoms with Crippen LogP contribution in [-0.2, 0) is 4.79 Å². The van der Waals surface area contributed by atoms with Crippen LogP contribution in [0.4, 0.5) is 0 Å². The van der Waals surface area contributed by atoms with E-state index in [0.29, 0.717) is 5.56 Å². The molecule has 1 saturated carbocycles. The first-order valence-corrected chi connectivity index (χ1v) is 7.05. The number of nitrogens with zero attached hydrogens (tertiary/aromatic N) is 1. The Labute approximate surface area is 127 Å². The highest BCUT2D eigenvalue weighted by Gasteiger charge is 2.43. The monoisotopic (exact) mass is 296 g/mol. The molecule has 0 bridgehead atoms. The Hall–Kier alpha value is -2.82. The summed E-state index contributed by atoms with van der Waals surface area (Å²) >= 11 is 0. The summed E-state index contributed by atoms with van der Waals surface area (Å²) in [5.41, 5.74) is 4.09. The molecule has 0 radical (unpaired) electrons. The molecule has 3 rings (SSSR count). The number of hydrogen-bond acceptors (Lipinski definition) is 4. The second-order valence-corrected chi connectivity index (χ2v) is 5.34. The molecule has 2 aromatic rings. The minimum Gasteiger partial charge on any atom is -0.508 e. The van der Waals surface area contributed by atoms with Gasteiger partial charge in [0.15, 0.2) is 0 Å². The highest BCUT2D eigenvalue weighted by Crippen LogP contribution is 2.47. The molecule has 1 amide bonds. The summed E-state index contributed by atoms with van der Waals surface area (Å²) in [6, 6.07) is 14.1. The van der Waals surface area contributed by atoms with Crippen molar-refractivity contribution in [3.05, 3.63) is 59.7 Å². The van der Waals surface area contributed by atoms with Gasteiger partial charge in [0.2, 0.25) is 5.91 Å². The Morgan fingerprint density at radius 3 is 2.68 bits per heavy atom. The molecule has 5 heteroatoms. The number of carbonyl (C=O) groups is 1. The molecule has 5 nitrogen and oxygen atoms in total. The van der Waals surface area contributed by atoms with E-state index in [4.69, 9.17) is 0 Å². The van der Waals surface area contributed by atoms with E-state index in [1.54, 1.807) is 0 Å². The lowest BCUT2D eigenvalue weighted by Crippen LogP contribution is -2.20. The normalized spacial score (nSPS) is 20.0. The lowest BCUT2D eigenvalue weighted by Gasteiger charge is -2.01. The van der Waals surface area contributed by atoms with Gasteiger partial charge in [0.1, 0.15) is 11.5 Å². The maximum absolute atomic E-state index is 12.0. The van der Waals surface area contributed by atoms with Gasteiger partial charge in [0, 0.05) is 17.5 Å². The van der Waals surface area contributed by atoms with Crippen LogP contribution in [-0.4, -0.2) is 22.3 Å². The van der Waals surface area contributed by atoms with Gasteiger partial charge in [-0.15, -0.1) is 0 Å². The Balaban J connectivity index is 1.56. The quantitative estimate of drug-likeness (QED) is 0.598. The van der Waals surface area contributed by atoms with Crippen molar-refractivity contribution in [3.63, 3.8) is 0 Å². The van der Waals surface area contributed by atoms with Gasteiger partial charge in [-0.25, -0.2) is 5.43 Å². The maximum atomic E-state index is 12.0. The fourth-order valence-electron chi connectivity index (χ4n) is 2.44. The number of phenols is 2. The Kier molecular flexibility index (Phi) is 3.78. The van der Waals surface area contributed by atoms with Gasteiger partial charge >= 0.3 is 0 Å². The molecular formula is C17H16N2O3. The smallest absolute Gasteiger partial charge is 0.243 e. The molecule has 0 saturated heterocycles. The van der Waals surface area contributed by atoms with Crippen LogP contribution in [0.2, 0.25) is 0 Å². The zero-order valence-corrected chi connectivity index (χ0v) is 11.8. The fraction of sp³-hybridized carbons (Fsp3) is 0.176. The molecule has 0 unspecified atom stereocenters. The molecule has 0 spiro atoms. The van der Waals surface area contributed by atoms with E-state index < -0.39 is 0 Å². The Bertz CT molecular complexity index is 713. The number of phenolic OH excluding ortho intramolecular Hbond substituents is 2. The molecule has 22 heavy (non-hydrogen) atoms. The molecule has 0 aliphatic heterocycles. The largest absolute Gasteiger partial charge is 0.508 e. The third-order valence-corrected chi connectivity index (χ3v) is 3.75. The minimum absolute atomic E-state index is 0.0256. The van der Waals surface area contributed by atoms with Crippen molar-refractivity contribution in [2.75, 3.05) is 0 Å². The predicted molar refractivity (Wildman–Crippen MR) is 82.8 cm³/mol. The van der Waals surface area contributed by atoms with Crippen LogP contribution in [0, 0.1) is 5.92 Å². The predicted octanol–water partition coefficient (Wildman–Crippen LogP) is 2.35. The number of hydrazone groups is 1. The average Bonchev–Trinajstić information content (AvgIpc) is 3.31. The Morgan fingerprint density at radius 1 is 1.18 bits per heavy atom. The van der Waals surface area contributed by atoms with E-state index in [1.165, 1.54) is 30.0 Å². The molecule has 1 aliphatic rings. The SMILES string of the molecule is O=C(N/N=C/c1ccc(O)cc1O)[C@@H]1C[C@H]1c1ccccc1. The number of rotatable bonds is 4. The number of nitrogens with one attached hydrogen (secondary N) is 1. The van der Waals surface area contributed by atoms with Crippen LogP contribution >= 0.6 is 0 Å². The molecule has 112 valence electrons. The van der Waals surface area contributed by atoms with Crippen molar-refractivity contribution >= 4 is 12.1 Å². The van der Waals surface area contributed by atoms with Crippen molar-refractivity contribution < 1.29 is 15.0 Å². The highest BCUT2D eigenvalue weighted by molar-refractivity contribution is 5.87. The zero-order valence-electron chi connectivity index (χ0n) is 11.8. The summed E-state index contributed by atoms with van der Waals surface area (Å²) in [6.07, 6.45) is 2.18. The molecular weight excluding hydrogens is 280 g/mol. The number of hydrogen-bond donors (Lipinski definition) is 3. The zero-order chi connectivity index (χ0) is 15.5. The lowest BCUT2D eigenvalue weighted by atomic mass is 10.1. The van der Waals surface area contributed by atoms with Crippen molar-refractivity contribution in [1.82, 2.24) is 5.43 Å². The molecule has 1 fully saturated rings. The van der Waals surface area contributed by atoms with Gasteiger partial charge < -0.3 is 10.2 Å². The van der Waals surface area contributed by atoms with Gasteiger partial charge in [-0.2, -0.15) is 5.10 Å². The summed E-state index contributed by atoms with van der Waals surface area (Å²) in [4.78, 5) is 12.0. The van der Waals surface area contributed by atoms with Crippen LogP contribution in [0.5, 0.6) is 11.5 Å². The lowest BCUT2D eigenvalue weighted by molar-refractivity contribution is -0.122. The maximum Gasteiger partial charge on any atom is 0.243 e.